The summed E-state index contributed by atoms with van der Waals surface area (Å²) in [5.74, 6) is 6.92. The highest BCUT2D eigenvalue weighted by molar-refractivity contribution is 7.99. The lowest BCUT2D eigenvalue weighted by atomic mass is 9.43. The van der Waals surface area contributed by atoms with Crippen LogP contribution in [0, 0.1) is 52.3 Å². The maximum Gasteiger partial charge on any atom is 0.165 e. The van der Waals surface area contributed by atoms with Gasteiger partial charge in [0.15, 0.2) is 5.16 Å². The van der Waals surface area contributed by atoms with E-state index >= 15 is 0 Å². The highest BCUT2D eigenvalue weighted by atomic mass is 32.2. The van der Waals surface area contributed by atoms with Gasteiger partial charge < -0.3 is 10.1 Å². The van der Waals surface area contributed by atoms with Crippen LogP contribution in [0.1, 0.15) is 112 Å². The van der Waals surface area contributed by atoms with Gasteiger partial charge in [0.25, 0.3) is 0 Å². The maximum atomic E-state index is 11.5. The second kappa shape index (κ2) is 10.0. The second-order valence-corrected chi connectivity index (χ2v) is 15.3. The van der Waals surface area contributed by atoms with E-state index in [1.54, 1.807) is 11.8 Å². The fraction of sp³-hybridized carbons (Fsp3) is 0.903. The largest absolute Gasteiger partial charge is 0.389 e. The van der Waals surface area contributed by atoms with Gasteiger partial charge in [-0.3, -0.25) is 0 Å². The van der Waals surface area contributed by atoms with Gasteiger partial charge in [0.2, 0.25) is 0 Å². The normalized spacial score (nSPS) is 44.0. The molecule has 5 rings (SSSR count). The molecule has 4 aliphatic carbocycles. The lowest BCUT2D eigenvalue weighted by Gasteiger charge is -2.62. The Morgan fingerprint density at radius 1 is 1.00 bits per heavy atom. The summed E-state index contributed by atoms with van der Waals surface area (Å²) in [6.45, 7) is 12.7. The lowest BCUT2D eigenvalue weighted by Crippen LogP contribution is -2.56. The number of H-pyrrole nitrogens is 1. The molecule has 1 aromatic rings. The van der Waals surface area contributed by atoms with Gasteiger partial charge in [-0.25, -0.2) is 4.98 Å². The van der Waals surface area contributed by atoms with Crippen LogP contribution in [0.2, 0.25) is 0 Å². The first-order valence-corrected chi connectivity index (χ1v) is 16.0. The van der Waals surface area contributed by atoms with Crippen molar-refractivity contribution in [2.75, 3.05) is 5.75 Å². The van der Waals surface area contributed by atoms with Crippen molar-refractivity contribution < 1.29 is 5.11 Å². The quantitative estimate of drug-likeness (QED) is 0.353. The Hall–Kier alpha value is -0.480. The van der Waals surface area contributed by atoms with Crippen molar-refractivity contribution in [3.63, 3.8) is 0 Å². The molecular formula is C31H52N2OS. The summed E-state index contributed by atoms with van der Waals surface area (Å²) in [5.41, 5.74) is 0.491. The van der Waals surface area contributed by atoms with Gasteiger partial charge in [0, 0.05) is 18.1 Å². The molecule has 0 saturated heterocycles. The van der Waals surface area contributed by atoms with E-state index in [0.29, 0.717) is 16.7 Å². The number of aromatic amines is 1. The van der Waals surface area contributed by atoms with Crippen molar-refractivity contribution in [2.24, 2.45) is 52.3 Å². The summed E-state index contributed by atoms with van der Waals surface area (Å²) >= 11 is 1.70. The summed E-state index contributed by atoms with van der Waals surface area (Å²) < 4.78 is 0. The maximum absolute atomic E-state index is 11.5. The van der Waals surface area contributed by atoms with Gasteiger partial charge in [0.1, 0.15) is 0 Å². The number of thioether (sulfide) groups is 1. The van der Waals surface area contributed by atoms with Gasteiger partial charge >= 0.3 is 0 Å². The fourth-order valence-electron chi connectivity index (χ4n) is 10.0. The molecule has 0 radical (unpaired) electrons. The number of aliphatic hydroxyl groups is 1. The highest BCUT2D eigenvalue weighted by Crippen LogP contribution is 2.69. The van der Waals surface area contributed by atoms with Gasteiger partial charge in [-0.2, -0.15) is 0 Å². The molecule has 1 heterocycles. The second-order valence-electron chi connectivity index (χ2n) is 14.3. The van der Waals surface area contributed by atoms with Crippen molar-refractivity contribution >= 4 is 11.8 Å². The Morgan fingerprint density at radius 2 is 1.80 bits per heavy atom. The molecule has 198 valence electrons. The minimum absolute atomic E-state index is 0.437. The molecule has 0 spiro atoms. The first-order valence-electron chi connectivity index (χ1n) is 15.0. The molecule has 0 bridgehead atoms. The zero-order chi connectivity index (χ0) is 24.8. The molecule has 1 aromatic heterocycles. The molecule has 4 heteroatoms. The summed E-state index contributed by atoms with van der Waals surface area (Å²) in [5, 5.41) is 12.5. The lowest BCUT2D eigenvalue weighted by molar-refractivity contribution is -0.146. The molecule has 3 nitrogen and oxygen atoms in total. The SMILES string of the molecule is CC(C)CCC[C@@H](C)[C@H]1CCC2C3CC[C@H]4C[C@@](O)(CSc5ncc[nH]5)CC[C@]4(C)C3CC[C@@]21C. The average molecular weight is 501 g/mol. The molecule has 4 fully saturated rings. The van der Waals surface area contributed by atoms with E-state index in [0.717, 1.165) is 59.3 Å². The third-order valence-corrected chi connectivity index (χ3v) is 13.2. The van der Waals surface area contributed by atoms with Crippen LogP contribution in [-0.2, 0) is 0 Å². The molecule has 9 atom stereocenters. The standard InChI is InChI=1S/C31H52N2OS/c1-21(2)7-6-8-22(3)25-11-12-26-24-10-9-23-19-31(34,20-35-28-32-17-18-33-28)16-15-29(23,4)27(24)13-14-30(25,26)5/h17-18,21-27,34H,6-16,19-20H2,1-5H3,(H,32,33)/t22-,23+,24?,25-,26?,27?,29+,30-,31-/m1/s1. The van der Waals surface area contributed by atoms with E-state index in [-0.39, 0.29) is 0 Å². The first-order chi connectivity index (χ1) is 16.6. The number of fused-ring (bicyclic) bond motifs is 5. The topological polar surface area (TPSA) is 48.9 Å². The van der Waals surface area contributed by atoms with Crippen LogP contribution in [-0.4, -0.2) is 26.4 Å². The number of nitrogens with one attached hydrogen (secondary N) is 1. The summed E-state index contributed by atoms with van der Waals surface area (Å²) in [7, 11) is 0. The van der Waals surface area contributed by atoms with Crippen LogP contribution in [0.3, 0.4) is 0 Å². The molecule has 4 aliphatic rings. The monoisotopic (exact) mass is 500 g/mol. The Kier molecular flexibility index (Phi) is 7.47. The van der Waals surface area contributed by atoms with Crippen molar-refractivity contribution in [2.45, 2.75) is 122 Å². The summed E-state index contributed by atoms with van der Waals surface area (Å²) in [6, 6.07) is 0. The number of hydrogen-bond acceptors (Lipinski definition) is 3. The third-order valence-electron chi connectivity index (χ3n) is 12.0. The molecule has 4 saturated carbocycles. The molecule has 35 heavy (non-hydrogen) atoms. The van der Waals surface area contributed by atoms with E-state index in [1.807, 2.05) is 12.4 Å². The van der Waals surface area contributed by atoms with Crippen LogP contribution in [0.4, 0.5) is 0 Å². The minimum Gasteiger partial charge on any atom is -0.389 e. The van der Waals surface area contributed by atoms with E-state index in [9.17, 15) is 5.11 Å². The van der Waals surface area contributed by atoms with Crippen molar-refractivity contribution in [3.05, 3.63) is 12.4 Å². The van der Waals surface area contributed by atoms with E-state index in [1.165, 1.54) is 64.2 Å². The number of rotatable bonds is 8. The Morgan fingerprint density at radius 3 is 2.54 bits per heavy atom. The number of aromatic nitrogens is 2. The predicted octanol–water partition coefficient (Wildman–Crippen LogP) is 8.35. The van der Waals surface area contributed by atoms with E-state index < -0.39 is 5.60 Å². The van der Waals surface area contributed by atoms with Gasteiger partial charge in [-0.15, -0.1) is 0 Å². The molecule has 0 aliphatic heterocycles. The molecule has 0 aromatic carbocycles. The van der Waals surface area contributed by atoms with Gasteiger partial charge in [0.05, 0.1) is 5.60 Å². The summed E-state index contributed by atoms with van der Waals surface area (Å²) in [4.78, 5) is 7.54. The zero-order valence-corrected chi connectivity index (χ0v) is 24.0. The molecule has 0 amide bonds. The fourth-order valence-corrected chi connectivity index (χ4v) is 11.0. The summed E-state index contributed by atoms with van der Waals surface area (Å²) in [6.07, 6.45) is 19.7. The number of nitrogens with zero attached hydrogens (tertiary/aromatic N) is 1. The first kappa shape index (κ1) is 26.1. The smallest absolute Gasteiger partial charge is 0.165 e. The zero-order valence-electron chi connectivity index (χ0n) is 23.2. The highest BCUT2D eigenvalue weighted by Gasteiger charge is 2.61. The predicted molar refractivity (Wildman–Crippen MR) is 147 cm³/mol. The van der Waals surface area contributed by atoms with Crippen LogP contribution >= 0.6 is 11.8 Å². The third kappa shape index (κ3) is 4.89. The van der Waals surface area contributed by atoms with E-state index in [4.69, 9.17) is 0 Å². The Balaban J connectivity index is 1.24. The van der Waals surface area contributed by atoms with Crippen molar-refractivity contribution in [1.29, 1.82) is 0 Å². The van der Waals surface area contributed by atoms with Crippen LogP contribution < -0.4 is 0 Å². The van der Waals surface area contributed by atoms with Crippen LogP contribution in [0.25, 0.3) is 0 Å². The van der Waals surface area contributed by atoms with Crippen LogP contribution in [0.5, 0.6) is 0 Å². The Labute approximate surface area is 219 Å². The molecular weight excluding hydrogens is 448 g/mol. The number of imidazole rings is 1. The van der Waals surface area contributed by atoms with Gasteiger partial charge in [-0.05, 0) is 110 Å². The number of hydrogen-bond donors (Lipinski definition) is 2. The Bertz CT molecular complexity index is 841. The van der Waals surface area contributed by atoms with E-state index in [2.05, 4.69) is 44.6 Å². The molecule has 3 unspecified atom stereocenters. The van der Waals surface area contributed by atoms with Crippen molar-refractivity contribution in [1.82, 2.24) is 9.97 Å². The molecule has 2 N–H and O–H groups in total. The van der Waals surface area contributed by atoms with Gasteiger partial charge in [-0.1, -0.05) is 65.6 Å². The van der Waals surface area contributed by atoms with Crippen LogP contribution in [0.15, 0.2) is 17.6 Å². The van der Waals surface area contributed by atoms with Crippen molar-refractivity contribution in [3.8, 4) is 0 Å². The average Bonchev–Trinajstić information content (AvgIpc) is 3.45. The minimum atomic E-state index is -0.526.